The Balaban J connectivity index is 1.79. The highest BCUT2D eigenvalue weighted by molar-refractivity contribution is 5.87. The molecule has 2 unspecified atom stereocenters. The van der Waals surface area contributed by atoms with E-state index < -0.39 is 35.7 Å². The quantitative estimate of drug-likeness (QED) is 0.577. The molecule has 7 heteroatoms. The highest BCUT2D eigenvalue weighted by Gasteiger charge is 2.63. The van der Waals surface area contributed by atoms with E-state index in [1.807, 2.05) is 0 Å². The van der Waals surface area contributed by atoms with Crippen LogP contribution < -0.4 is 0 Å². The molecule has 4 bridgehead atoms. The first-order valence-electron chi connectivity index (χ1n) is 8.15. The number of alkyl halides is 3. The highest BCUT2D eigenvalue weighted by Crippen LogP contribution is 2.63. The molecular formula is C17H21F3O4. The number of hydrogen-bond acceptors (Lipinski definition) is 4. The lowest BCUT2D eigenvalue weighted by Gasteiger charge is -2.59. The lowest BCUT2D eigenvalue weighted by atomic mass is 9.48. The molecule has 2 atom stereocenters. The molecule has 4 aliphatic carbocycles. The first kappa shape index (κ1) is 17.3. The Bertz CT molecular complexity index is 567. The second-order valence-electron chi connectivity index (χ2n) is 7.79. The van der Waals surface area contributed by atoms with Gasteiger partial charge < -0.3 is 9.47 Å². The number of carbonyl (C=O) groups is 2. The number of ether oxygens (including phenoxy) is 2. The third kappa shape index (κ3) is 3.17. The van der Waals surface area contributed by atoms with E-state index in [1.54, 1.807) is 6.92 Å². The molecule has 0 spiro atoms. The van der Waals surface area contributed by atoms with Crippen LogP contribution in [0.15, 0.2) is 12.2 Å². The summed E-state index contributed by atoms with van der Waals surface area (Å²) in [5, 5.41) is 0. The normalized spacial score (nSPS) is 37.2. The van der Waals surface area contributed by atoms with Crippen LogP contribution in [0.5, 0.6) is 0 Å². The molecule has 0 aromatic heterocycles. The molecule has 0 N–H and O–H groups in total. The van der Waals surface area contributed by atoms with Crippen LogP contribution in [0.1, 0.15) is 45.4 Å². The molecular weight excluding hydrogens is 325 g/mol. The van der Waals surface area contributed by atoms with E-state index >= 15 is 0 Å². The second kappa shape index (κ2) is 5.49. The van der Waals surface area contributed by atoms with Gasteiger partial charge >= 0.3 is 18.1 Å². The maximum Gasteiger partial charge on any atom is 0.422 e. The van der Waals surface area contributed by atoms with Gasteiger partial charge in [0.15, 0.2) is 6.61 Å². The average molecular weight is 346 g/mol. The predicted molar refractivity (Wildman–Crippen MR) is 77.8 cm³/mol. The highest BCUT2D eigenvalue weighted by atomic mass is 19.4. The van der Waals surface area contributed by atoms with Crippen LogP contribution in [0.25, 0.3) is 0 Å². The summed E-state index contributed by atoms with van der Waals surface area (Å²) >= 11 is 0. The first-order valence-corrected chi connectivity index (χ1v) is 8.15. The molecule has 0 aromatic rings. The van der Waals surface area contributed by atoms with Gasteiger partial charge in [0, 0.05) is 12.0 Å². The predicted octanol–water partition coefficient (Wildman–Crippen LogP) is 3.55. The van der Waals surface area contributed by atoms with Gasteiger partial charge in [0.2, 0.25) is 0 Å². The fourth-order valence-corrected chi connectivity index (χ4v) is 5.12. The standard InChI is InChI=1S/C17H21F3O4/c1-10(2)13(21)24-16-6-11-3-12(7-16)5-15(4-11,8-16)14(22)23-9-17(18,19)20/h11-12H,1,3-9H2,2H3. The summed E-state index contributed by atoms with van der Waals surface area (Å²) in [5.41, 5.74) is -1.44. The molecule has 0 aromatic carbocycles. The van der Waals surface area contributed by atoms with Gasteiger partial charge in [0.25, 0.3) is 0 Å². The zero-order valence-corrected chi connectivity index (χ0v) is 13.6. The van der Waals surface area contributed by atoms with Crippen LogP contribution in [0.3, 0.4) is 0 Å². The van der Waals surface area contributed by atoms with Crippen molar-refractivity contribution in [3.05, 3.63) is 12.2 Å². The van der Waals surface area contributed by atoms with E-state index in [1.165, 1.54) is 0 Å². The number of hydrogen-bond donors (Lipinski definition) is 0. The summed E-state index contributed by atoms with van der Waals surface area (Å²) in [6, 6.07) is 0. The molecule has 4 nitrogen and oxygen atoms in total. The number of esters is 2. The fraction of sp³-hybridized carbons (Fsp3) is 0.765. The Hall–Kier alpha value is -1.53. The topological polar surface area (TPSA) is 52.6 Å². The molecule has 4 saturated carbocycles. The lowest BCUT2D eigenvalue weighted by Crippen LogP contribution is -2.60. The number of halogens is 3. The Labute approximate surface area is 138 Å². The molecule has 0 amide bonds. The van der Waals surface area contributed by atoms with Gasteiger partial charge in [0.1, 0.15) is 5.60 Å². The van der Waals surface area contributed by atoms with Gasteiger partial charge in [-0.1, -0.05) is 6.58 Å². The summed E-state index contributed by atoms with van der Waals surface area (Å²) in [4.78, 5) is 24.4. The van der Waals surface area contributed by atoms with Gasteiger partial charge in [-0.15, -0.1) is 0 Å². The van der Waals surface area contributed by atoms with E-state index in [0.717, 1.165) is 6.42 Å². The van der Waals surface area contributed by atoms with Gasteiger partial charge in [0.05, 0.1) is 5.41 Å². The minimum absolute atomic E-state index is 0.183. The maximum atomic E-state index is 12.4. The summed E-state index contributed by atoms with van der Waals surface area (Å²) in [6.07, 6.45) is -0.988. The first-order chi connectivity index (χ1) is 11.0. The van der Waals surface area contributed by atoms with Gasteiger partial charge in [-0.3, -0.25) is 4.79 Å². The molecule has 0 heterocycles. The van der Waals surface area contributed by atoms with Crippen LogP contribution in [0.4, 0.5) is 13.2 Å². The lowest BCUT2D eigenvalue weighted by molar-refractivity contribution is -0.221. The van der Waals surface area contributed by atoms with Crippen molar-refractivity contribution in [3.63, 3.8) is 0 Å². The van der Waals surface area contributed by atoms with E-state index in [0.29, 0.717) is 25.7 Å². The van der Waals surface area contributed by atoms with Crippen molar-refractivity contribution < 1.29 is 32.2 Å². The Morgan fingerprint density at radius 2 is 1.75 bits per heavy atom. The van der Waals surface area contributed by atoms with Crippen LogP contribution in [0.2, 0.25) is 0 Å². The van der Waals surface area contributed by atoms with Crippen molar-refractivity contribution in [1.29, 1.82) is 0 Å². The Morgan fingerprint density at radius 1 is 1.17 bits per heavy atom. The smallest absolute Gasteiger partial charge is 0.422 e. The van der Waals surface area contributed by atoms with E-state index in [4.69, 9.17) is 4.74 Å². The third-order valence-electron chi connectivity index (χ3n) is 5.47. The van der Waals surface area contributed by atoms with Crippen LogP contribution in [0, 0.1) is 17.3 Å². The van der Waals surface area contributed by atoms with E-state index in [2.05, 4.69) is 11.3 Å². The summed E-state index contributed by atoms with van der Waals surface area (Å²) in [7, 11) is 0. The molecule has 0 saturated heterocycles. The molecule has 24 heavy (non-hydrogen) atoms. The molecule has 4 aliphatic rings. The van der Waals surface area contributed by atoms with Crippen molar-refractivity contribution in [2.24, 2.45) is 17.3 Å². The molecule has 4 fully saturated rings. The second-order valence-corrected chi connectivity index (χ2v) is 7.79. The number of rotatable bonds is 4. The van der Waals surface area contributed by atoms with Crippen molar-refractivity contribution in [2.45, 2.75) is 57.2 Å². The molecule has 134 valence electrons. The maximum absolute atomic E-state index is 12.4. The van der Waals surface area contributed by atoms with Crippen LogP contribution in [-0.2, 0) is 19.1 Å². The van der Waals surface area contributed by atoms with Crippen LogP contribution >= 0.6 is 0 Å². The minimum atomic E-state index is -4.54. The Kier molecular flexibility index (Phi) is 3.96. The average Bonchev–Trinajstić information content (AvgIpc) is 2.41. The van der Waals surface area contributed by atoms with Crippen molar-refractivity contribution in [3.8, 4) is 0 Å². The van der Waals surface area contributed by atoms with Crippen molar-refractivity contribution >= 4 is 11.9 Å². The number of carbonyl (C=O) groups excluding carboxylic acids is 2. The summed E-state index contributed by atoms with van der Waals surface area (Å²) in [6.45, 7) is 3.55. The molecule has 0 aliphatic heterocycles. The Morgan fingerprint density at radius 3 is 2.25 bits per heavy atom. The van der Waals surface area contributed by atoms with E-state index in [-0.39, 0.29) is 23.8 Å². The van der Waals surface area contributed by atoms with Gasteiger partial charge in [-0.25, -0.2) is 4.79 Å². The van der Waals surface area contributed by atoms with E-state index in [9.17, 15) is 22.8 Å². The third-order valence-corrected chi connectivity index (χ3v) is 5.47. The monoisotopic (exact) mass is 346 g/mol. The van der Waals surface area contributed by atoms with Gasteiger partial charge in [-0.2, -0.15) is 13.2 Å². The van der Waals surface area contributed by atoms with Gasteiger partial charge in [-0.05, 0) is 50.9 Å². The van der Waals surface area contributed by atoms with Crippen molar-refractivity contribution in [2.75, 3.05) is 6.61 Å². The van der Waals surface area contributed by atoms with Crippen LogP contribution in [-0.4, -0.2) is 30.3 Å². The zero-order chi connectivity index (χ0) is 17.8. The minimum Gasteiger partial charge on any atom is -0.456 e. The molecule has 4 rings (SSSR count). The largest absolute Gasteiger partial charge is 0.456 e. The fourth-order valence-electron chi connectivity index (χ4n) is 5.12. The molecule has 0 radical (unpaired) electrons. The summed E-state index contributed by atoms with van der Waals surface area (Å²) in [5.74, 6) is -0.939. The summed E-state index contributed by atoms with van der Waals surface area (Å²) < 4.78 is 47.3. The van der Waals surface area contributed by atoms with Crippen molar-refractivity contribution in [1.82, 2.24) is 0 Å². The zero-order valence-electron chi connectivity index (χ0n) is 13.6. The SMILES string of the molecule is C=C(C)C(=O)OC12CC3CC(C1)CC(C(=O)OCC(F)(F)F)(C3)C2.